The number of hydrogen-bond acceptors (Lipinski definition) is 2. The van der Waals surface area contributed by atoms with Gasteiger partial charge in [0.25, 0.3) is 0 Å². The predicted octanol–water partition coefficient (Wildman–Crippen LogP) is 3.87. The van der Waals surface area contributed by atoms with Crippen LogP contribution in [0.4, 0.5) is 4.39 Å². The van der Waals surface area contributed by atoms with Crippen molar-refractivity contribution in [2.45, 2.75) is 38.6 Å². The van der Waals surface area contributed by atoms with Crippen LogP contribution in [0.3, 0.4) is 0 Å². The first-order chi connectivity index (χ1) is 9.90. The van der Waals surface area contributed by atoms with Crippen LogP contribution in [-0.4, -0.2) is 0 Å². The SMILES string of the molecule is CC(C)(C)c1ccc(CC(NN)c2ccc(F)cc2)cc1. The van der Waals surface area contributed by atoms with Crippen molar-refractivity contribution < 1.29 is 4.39 Å². The average molecular weight is 286 g/mol. The monoisotopic (exact) mass is 286 g/mol. The lowest BCUT2D eigenvalue weighted by atomic mass is 9.86. The summed E-state index contributed by atoms with van der Waals surface area (Å²) < 4.78 is 13.0. The minimum atomic E-state index is -0.232. The van der Waals surface area contributed by atoms with Gasteiger partial charge < -0.3 is 0 Å². The second kappa shape index (κ2) is 6.37. The summed E-state index contributed by atoms with van der Waals surface area (Å²) in [6.07, 6.45) is 0.770. The van der Waals surface area contributed by atoms with E-state index >= 15 is 0 Å². The Hall–Kier alpha value is -1.71. The number of nitrogens with one attached hydrogen (secondary N) is 1. The largest absolute Gasteiger partial charge is 0.271 e. The molecule has 0 heterocycles. The second-order valence-corrected chi connectivity index (χ2v) is 6.42. The molecule has 112 valence electrons. The lowest BCUT2D eigenvalue weighted by Crippen LogP contribution is -2.29. The molecule has 0 aromatic heterocycles. The maximum absolute atomic E-state index is 13.0. The molecule has 2 rings (SSSR count). The maximum atomic E-state index is 13.0. The van der Waals surface area contributed by atoms with Crippen molar-refractivity contribution in [2.24, 2.45) is 5.84 Å². The Balaban J connectivity index is 2.13. The number of hydrazine groups is 1. The molecular formula is C18H23FN2. The molecule has 1 atom stereocenters. The van der Waals surface area contributed by atoms with Crippen molar-refractivity contribution in [3.63, 3.8) is 0 Å². The first-order valence-corrected chi connectivity index (χ1v) is 7.21. The summed E-state index contributed by atoms with van der Waals surface area (Å²) >= 11 is 0. The third kappa shape index (κ3) is 4.13. The normalized spacial score (nSPS) is 13.2. The van der Waals surface area contributed by atoms with Crippen molar-refractivity contribution in [2.75, 3.05) is 0 Å². The lowest BCUT2D eigenvalue weighted by Gasteiger charge is -2.20. The lowest BCUT2D eigenvalue weighted by molar-refractivity contribution is 0.548. The van der Waals surface area contributed by atoms with E-state index in [0.717, 1.165) is 12.0 Å². The van der Waals surface area contributed by atoms with Gasteiger partial charge in [-0.3, -0.25) is 11.3 Å². The van der Waals surface area contributed by atoms with E-state index in [4.69, 9.17) is 5.84 Å². The molecule has 2 aromatic carbocycles. The van der Waals surface area contributed by atoms with Gasteiger partial charge in [0.15, 0.2) is 0 Å². The second-order valence-electron chi connectivity index (χ2n) is 6.42. The third-order valence-electron chi connectivity index (χ3n) is 3.73. The molecule has 3 heteroatoms. The fourth-order valence-electron chi connectivity index (χ4n) is 2.34. The summed E-state index contributed by atoms with van der Waals surface area (Å²) in [7, 11) is 0. The van der Waals surface area contributed by atoms with Crippen LogP contribution in [0.2, 0.25) is 0 Å². The number of halogens is 1. The topological polar surface area (TPSA) is 38.0 Å². The van der Waals surface area contributed by atoms with Gasteiger partial charge in [-0.1, -0.05) is 57.2 Å². The molecule has 0 aliphatic carbocycles. The van der Waals surface area contributed by atoms with Gasteiger partial charge in [-0.25, -0.2) is 4.39 Å². The molecule has 2 aromatic rings. The van der Waals surface area contributed by atoms with Gasteiger partial charge in [-0.2, -0.15) is 0 Å². The van der Waals surface area contributed by atoms with Crippen LogP contribution in [0.1, 0.15) is 43.5 Å². The Bertz CT molecular complexity index is 568. The van der Waals surface area contributed by atoms with E-state index in [9.17, 15) is 4.39 Å². The highest BCUT2D eigenvalue weighted by atomic mass is 19.1. The zero-order chi connectivity index (χ0) is 15.5. The zero-order valence-electron chi connectivity index (χ0n) is 12.9. The smallest absolute Gasteiger partial charge is 0.123 e. The van der Waals surface area contributed by atoms with E-state index in [-0.39, 0.29) is 17.3 Å². The van der Waals surface area contributed by atoms with Crippen LogP contribution >= 0.6 is 0 Å². The van der Waals surface area contributed by atoms with E-state index in [1.54, 1.807) is 12.1 Å². The van der Waals surface area contributed by atoms with Crippen LogP contribution in [0.15, 0.2) is 48.5 Å². The number of nitrogens with two attached hydrogens (primary N) is 1. The van der Waals surface area contributed by atoms with Crippen LogP contribution in [0, 0.1) is 5.82 Å². The first-order valence-electron chi connectivity index (χ1n) is 7.21. The van der Waals surface area contributed by atoms with Gasteiger partial charge >= 0.3 is 0 Å². The summed E-state index contributed by atoms with van der Waals surface area (Å²) in [5.41, 5.74) is 6.46. The van der Waals surface area contributed by atoms with Crippen LogP contribution in [0.5, 0.6) is 0 Å². The quantitative estimate of drug-likeness (QED) is 0.661. The molecule has 0 spiro atoms. The minimum absolute atomic E-state index is 0.0221. The highest BCUT2D eigenvalue weighted by molar-refractivity contribution is 5.29. The first kappa shape index (κ1) is 15.7. The summed E-state index contributed by atoms with van der Waals surface area (Å²) in [6.45, 7) is 6.60. The van der Waals surface area contributed by atoms with Crippen molar-refractivity contribution in [1.82, 2.24) is 5.43 Å². The summed E-state index contributed by atoms with van der Waals surface area (Å²) in [5.74, 6) is 5.41. The van der Waals surface area contributed by atoms with Gasteiger partial charge in [0, 0.05) is 6.04 Å². The molecule has 0 aliphatic heterocycles. The molecule has 0 aliphatic rings. The molecule has 0 bridgehead atoms. The summed E-state index contributed by atoms with van der Waals surface area (Å²) in [5, 5.41) is 0. The number of benzene rings is 2. The van der Waals surface area contributed by atoms with Crippen LogP contribution in [0.25, 0.3) is 0 Å². The van der Waals surface area contributed by atoms with E-state index in [1.165, 1.54) is 23.3 Å². The summed E-state index contributed by atoms with van der Waals surface area (Å²) in [4.78, 5) is 0. The molecular weight excluding hydrogens is 263 g/mol. The Labute approximate surface area is 126 Å². The number of hydrogen-bond donors (Lipinski definition) is 2. The van der Waals surface area contributed by atoms with Crippen LogP contribution < -0.4 is 11.3 Å². The van der Waals surface area contributed by atoms with E-state index in [0.29, 0.717) is 0 Å². The molecule has 0 saturated carbocycles. The van der Waals surface area contributed by atoms with E-state index in [1.807, 2.05) is 0 Å². The van der Waals surface area contributed by atoms with Crippen molar-refractivity contribution in [3.8, 4) is 0 Å². The highest BCUT2D eigenvalue weighted by Crippen LogP contribution is 2.24. The van der Waals surface area contributed by atoms with E-state index in [2.05, 4.69) is 50.5 Å². The predicted molar refractivity (Wildman–Crippen MR) is 85.3 cm³/mol. The van der Waals surface area contributed by atoms with Crippen molar-refractivity contribution in [3.05, 3.63) is 71.0 Å². The Kier molecular flexibility index (Phi) is 4.76. The van der Waals surface area contributed by atoms with E-state index < -0.39 is 0 Å². The van der Waals surface area contributed by atoms with Gasteiger partial charge in [0.05, 0.1) is 0 Å². The van der Waals surface area contributed by atoms with Crippen molar-refractivity contribution >= 4 is 0 Å². The van der Waals surface area contributed by atoms with Crippen LogP contribution in [-0.2, 0) is 11.8 Å². The molecule has 21 heavy (non-hydrogen) atoms. The standard InChI is InChI=1S/C18H23FN2/c1-18(2,3)15-8-4-13(5-9-15)12-17(21-20)14-6-10-16(19)11-7-14/h4-11,17,21H,12,20H2,1-3H3. The molecule has 1 unspecified atom stereocenters. The third-order valence-corrected chi connectivity index (χ3v) is 3.73. The fourth-order valence-corrected chi connectivity index (χ4v) is 2.34. The minimum Gasteiger partial charge on any atom is -0.271 e. The molecule has 3 N–H and O–H groups in total. The fraction of sp³-hybridized carbons (Fsp3) is 0.333. The highest BCUT2D eigenvalue weighted by Gasteiger charge is 2.14. The van der Waals surface area contributed by atoms with Gasteiger partial charge in [0.1, 0.15) is 5.82 Å². The molecule has 0 fully saturated rings. The molecule has 0 saturated heterocycles. The number of rotatable bonds is 4. The molecule has 0 radical (unpaired) electrons. The Morgan fingerprint density at radius 1 is 1.00 bits per heavy atom. The van der Waals surface area contributed by atoms with Gasteiger partial charge in [0.2, 0.25) is 0 Å². The maximum Gasteiger partial charge on any atom is 0.123 e. The van der Waals surface area contributed by atoms with Crippen molar-refractivity contribution in [1.29, 1.82) is 0 Å². The average Bonchev–Trinajstić information content (AvgIpc) is 2.45. The van der Waals surface area contributed by atoms with Gasteiger partial charge in [-0.05, 0) is 40.7 Å². The Morgan fingerprint density at radius 2 is 1.57 bits per heavy atom. The van der Waals surface area contributed by atoms with Gasteiger partial charge in [-0.15, -0.1) is 0 Å². The summed E-state index contributed by atoms with van der Waals surface area (Å²) in [6, 6.07) is 15.0. The molecule has 2 nitrogen and oxygen atoms in total. The molecule has 0 amide bonds. The zero-order valence-corrected chi connectivity index (χ0v) is 12.9. The Morgan fingerprint density at radius 3 is 2.05 bits per heavy atom.